The van der Waals surface area contributed by atoms with Gasteiger partial charge in [-0.1, -0.05) is 72.8 Å². The van der Waals surface area contributed by atoms with Crippen molar-refractivity contribution in [2.75, 3.05) is 6.61 Å². The van der Waals surface area contributed by atoms with Gasteiger partial charge < -0.3 is 10.1 Å². The minimum Gasteiger partial charge on any atom is -0.455 e. The molecule has 0 fully saturated rings. The standard InChI is InChI=1S/C23H20FNO3/c24-20-13-11-17(12-14-20)15-25-21(26)16-28-23(27)22(18-7-3-1-4-8-18)19-9-5-2-6-10-19/h1-14,22H,15-16H2,(H,25,26). The van der Waals surface area contributed by atoms with Gasteiger partial charge in [-0.15, -0.1) is 0 Å². The van der Waals surface area contributed by atoms with Crippen LogP contribution in [0.15, 0.2) is 84.9 Å². The van der Waals surface area contributed by atoms with Crippen molar-refractivity contribution in [2.45, 2.75) is 12.5 Å². The van der Waals surface area contributed by atoms with Gasteiger partial charge in [-0.3, -0.25) is 9.59 Å². The summed E-state index contributed by atoms with van der Waals surface area (Å²) in [5.41, 5.74) is 2.35. The number of rotatable bonds is 7. The van der Waals surface area contributed by atoms with Gasteiger partial charge in [0.25, 0.3) is 5.91 Å². The van der Waals surface area contributed by atoms with Gasteiger partial charge in [0.15, 0.2) is 6.61 Å². The van der Waals surface area contributed by atoms with Gasteiger partial charge in [0.05, 0.1) is 0 Å². The Morgan fingerprint density at radius 1 is 0.821 bits per heavy atom. The first-order valence-corrected chi connectivity index (χ1v) is 8.91. The monoisotopic (exact) mass is 377 g/mol. The fourth-order valence-electron chi connectivity index (χ4n) is 2.83. The number of nitrogens with one attached hydrogen (secondary N) is 1. The van der Waals surface area contributed by atoms with Crippen molar-refractivity contribution in [2.24, 2.45) is 0 Å². The highest BCUT2D eigenvalue weighted by molar-refractivity contribution is 5.85. The first-order valence-electron chi connectivity index (χ1n) is 8.91. The van der Waals surface area contributed by atoms with Crippen molar-refractivity contribution in [1.29, 1.82) is 0 Å². The maximum Gasteiger partial charge on any atom is 0.318 e. The number of ether oxygens (including phenoxy) is 1. The first kappa shape index (κ1) is 19.3. The second-order valence-electron chi connectivity index (χ2n) is 6.27. The number of halogens is 1. The molecule has 0 heterocycles. The van der Waals surface area contributed by atoms with Gasteiger partial charge >= 0.3 is 5.97 Å². The molecule has 3 aromatic carbocycles. The summed E-state index contributed by atoms with van der Waals surface area (Å²) in [5.74, 6) is -1.85. The lowest BCUT2D eigenvalue weighted by molar-refractivity contribution is -0.149. The summed E-state index contributed by atoms with van der Waals surface area (Å²) >= 11 is 0. The molecule has 0 saturated carbocycles. The zero-order valence-corrected chi connectivity index (χ0v) is 15.2. The van der Waals surface area contributed by atoms with E-state index in [1.807, 2.05) is 60.7 Å². The van der Waals surface area contributed by atoms with Crippen LogP contribution in [0.2, 0.25) is 0 Å². The SMILES string of the molecule is O=C(COC(=O)C(c1ccccc1)c1ccccc1)NCc1ccc(F)cc1. The van der Waals surface area contributed by atoms with E-state index in [-0.39, 0.29) is 19.0 Å². The Bertz CT molecular complexity index is 872. The number of benzene rings is 3. The van der Waals surface area contributed by atoms with Crippen LogP contribution in [0.4, 0.5) is 4.39 Å². The maximum atomic E-state index is 12.9. The molecule has 28 heavy (non-hydrogen) atoms. The van der Waals surface area contributed by atoms with Gasteiger partial charge in [0, 0.05) is 6.54 Å². The zero-order valence-electron chi connectivity index (χ0n) is 15.2. The summed E-state index contributed by atoms with van der Waals surface area (Å²) in [6.45, 7) is -0.145. The summed E-state index contributed by atoms with van der Waals surface area (Å²) in [4.78, 5) is 24.7. The molecule has 0 aromatic heterocycles. The third-order valence-corrected chi connectivity index (χ3v) is 4.25. The van der Waals surface area contributed by atoms with Crippen molar-refractivity contribution in [3.63, 3.8) is 0 Å². The number of carbonyl (C=O) groups is 2. The van der Waals surface area contributed by atoms with E-state index in [4.69, 9.17) is 4.74 Å². The zero-order chi connectivity index (χ0) is 19.8. The van der Waals surface area contributed by atoms with Crippen LogP contribution in [0.3, 0.4) is 0 Å². The van der Waals surface area contributed by atoms with Crippen molar-refractivity contribution >= 4 is 11.9 Å². The molecule has 0 spiro atoms. The second kappa shape index (κ2) is 9.46. The van der Waals surface area contributed by atoms with Crippen LogP contribution in [-0.2, 0) is 20.9 Å². The van der Waals surface area contributed by atoms with Gasteiger partial charge in [-0.05, 0) is 28.8 Å². The average molecular weight is 377 g/mol. The van der Waals surface area contributed by atoms with E-state index >= 15 is 0 Å². The van der Waals surface area contributed by atoms with Gasteiger partial charge in [-0.25, -0.2) is 4.39 Å². The van der Waals surface area contributed by atoms with E-state index in [0.29, 0.717) is 0 Å². The lowest BCUT2D eigenvalue weighted by atomic mass is 9.91. The van der Waals surface area contributed by atoms with Crippen molar-refractivity contribution < 1.29 is 18.7 Å². The molecule has 1 amide bonds. The Morgan fingerprint density at radius 2 is 1.36 bits per heavy atom. The van der Waals surface area contributed by atoms with E-state index < -0.39 is 17.8 Å². The normalized spacial score (nSPS) is 10.5. The summed E-state index contributed by atoms with van der Waals surface area (Å²) < 4.78 is 18.2. The predicted molar refractivity (Wildman–Crippen MR) is 104 cm³/mol. The summed E-state index contributed by atoms with van der Waals surface area (Å²) in [6, 6.07) is 24.4. The highest BCUT2D eigenvalue weighted by atomic mass is 19.1. The van der Waals surface area contributed by atoms with E-state index in [1.54, 1.807) is 12.1 Å². The van der Waals surface area contributed by atoms with E-state index in [0.717, 1.165) is 16.7 Å². The maximum absolute atomic E-state index is 12.9. The molecule has 0 bridgehead atoms. The lowest BCUT2D eigenvalue weighted by Gasteiger charge is -2.17. The Balaban J connectivity index is 1.60. The number of esters is 1. The highest BCUT2D eigenvalue weighted by Crippen LogP contribution is 2.25. The van der Waals surface area contributed by atoms with Crippen molar-refractivity contribution in [3.05, 3.63) is 107 Å². The highest BCUT2D eigenvalue weighted by Gasteiger charge is 2.24. The summed E-state index contributed by atoms with van der Waals surface area (Å²) in [5, 5.41) is 2.65. The van der Waals surface area contributed by atoms with E-state index in [9.17, 15) is 14.0 Å². The molecule has 0 saturated heterocycles. The Kier molecular flexibility index (Phi) is 6.52. The van der Waals surface area contributed by atoms with E-state index in [1.165, 1.54) is 12.1 Å². The number of carbonyl (C=O) groups excluding carboxylic acids is 2. The van der Waals surface area contributed by atoms with E-state index in [2.05, 4.69) is 5.32 Å². The van der Waals surface area contributed by atoms with Crippen LogP contribution >= 0.6 is 0 Å². The Hall–Kier alpha value is -3.47. The molecule has 0 radical (unpaired) electrons. The van der Waals surface area contributed by atoms with Crippen molar-refractivity contribution in [1.82, 2.24) is 5.32 Å². The topological polar surface area (TPSA) is 55.4 Å². The minimum atomic E-state index is -0.604. The average Bonchev–Trinajstić information content (AvgIpc) is 2.73. The molecule has 3 rings (SSSR count). The molecule has 0 unspecified atom stereocenters. The Labute approximate surface area is 163 Å². The molecular formula is C23H20FNO3. The van der Waals surface area contributed by atoms with Gasteiger partial charge in [0.2, 0.25) is 0 Å². The molecular weight excluding hydrogens is 357 g/mol. The van der Waals surface area contributed by atoms with Gasteiger partial charge in [-0.2, -0.15) is 0 Å². The summed E-state index contributed by atoms with van der Waals surface area (Å²) in [6.07, 6.45) is 0. The predicted octanol–water partition coefficient (Wildman–Crippen LogP) is 3.82. The fraction of sp³-hybridized carbons (Fsp3) is 0.130. The van der Waals surface area contributed by atoms with Crippen molar-refractivity contribution in [3.8, 4) is 0 Å². The second-order valence-corrected chi connectivity index (χ2v) is 6.27. The molecule has 1 N–H and O–H groups in total. The molecule has 0 atom stereocenters. The molecule has 0 aliphatic rings. The van der Waals surface area contributed by atoms with Crippen LogP contribution in [0.5, 0.6) is 0 Å². The molecule has 0 aliphatic heterocycles. The van der Waals surface area contributed by atoms with Crippen LogP contribution in [0, 0.1) is 5.82 Å². The first-order chi connectivity index (χ1) is 13.6. The molecule has 4 nitrogen and oxygen atoms in total. The molecule has 3 aromatic rings. The van der Waals surface area contributed by atoms with Gasteiger partial charge in [0.1, 0.15) is 11.7 Å². The van der Waals surface area contributed by atoms with Crippen LogP contribution in [0.1, 0.15) is 22.6 Å². The smallest absolute Gasteiger partial charge is 0.318 e. The quantitative estimate of drug-likeness (QED) is 0.637. The number of hydrogen-bond donors (Lipinski definition) is 1. The third-order valence-electron chi connectivity index (χ3n) is 4.25. The minimum absolute atomic E-state index is 0.234. The summed E-state index contributed by atoms with van der Waals surface area (Å²) in [7, 11) is 0. The largest absolute Gasteiger partial charge is 0.455 e. The fourth-order valence-corrected chi connectivity index (χ4v) is 2.83. The van der Waals surface area contributed by atoms with Crippen LogP contribution in [0.25, 0.3) is 0 Å². The number of amides is 1. The van der Waals surface area contributed by atoms with Crippen LogP contribution in [-0.4, -0.2) is 18.5 Å². The lowest BCUT2D eigenvalue weighted by Crippen LogP contribution is -2.29. The molecule has 5 heteroatoms. The third kappa shape index (κ3) is 5.27. The van der Waals surface area contributed by atoms with Crippen LogP contribution < -0.4 is 5.32 Å². The molecule has 0 aliphatic carbocycles. The number of hydrogen-bond acceptors (Lipinski definition) is 3. The molecule has 142 valence electrons. The Morgan fingerprint density at radius 3 is 1.89 bits per heavy atom.